The highest BCUT2D eigenvalue weighted by Gasteiger charge is 2.08. The van der Waals surface area contributed by atoms with Crippen LogP contribution in [0.4, 0.5) is 0 Å². The van der Waals surface area contributed by atoms with E-state index in [-0.39, 0.29) is 0 Å². The van der Waals surface area contributed by atoms with Crippen LogP contribution in [0.2, 0.25) is 5.02 Å². The summed E-state index contributed by atoms with van der Waals surface area (Å²) in [6.45, 7) is 3.92. The van der Waals surface area contributed by atoms with Crippen molar-refractivity contribution in [1.82, 2.24) is 14.8 Å². The van der Waals surface area contributed by atoms with Gasteiger partial charge in [-0.05, 0) is 49.5 Å². The molecule has 2 rings (SSSR count). The lowest BCUT2D eigenvalue weighted by atomic mass is 10.2. The van der Waals surface area contributed by atoms with Crippen LogP contribution in [0.15, 0.2) is 48.8 Å². The fraction of sp³-hybridized carbons (Fsp3) is 0.353. The van der Waals surface area contributed by atoms with E-state index in [1.165, 1.54) is 11.1 Å². The molecule has 1 aromatic heterocycles. The molecule has 0 spiro atoms. The number of nitrogens with zero attached hydrogens (tertiary/aromatic N) is 3. The highest BCUT2D eigenvalue weighted by Crippen LogP contribution is 2.13. The van der Waals surface area contributed by atoms with Gasteiger partial charge in [0.1, 0.15) is 0 Å². The molecule has 0 unspecified atom stereocenters. The van der Waals surface area contributed by atoms with Crippen LogP contribution in [0.3, 0.4) is 0 Å². The van der Waals surface area contributed by atoms with Gasteiger partial charge in [0.05, 0.1) is 0 Å². The zero-order valence-electron chi connectivity index (χ0n) is 12.7. The number of pyridine rings is 1. The number of rotatable bonds is 7. The first-order valence-electron chi connectivity index (χ1n) is 7.14. The van der Waals surface area contributed by atoms with Gasteiger partial charge in [-0.15, -0.1) is 0 Å². The maximum atomic E-state index is 5.95. The molecule has 0 aliphatic carbocycles. The zero-order valence-corrected chi connectivity index (χ0v) is 13.4. The lowest BCUT2D eigenvalue weighted by Gasteiger charge is -2.24. The Bertz CT molecular complexity index is 525. The number of hydrogen-bond acceptors (Lipinski definition) is 3. The normalized spacial score (nSPS) is 11.3. The quantitative estimate of drug-likeness (QED) is 0.782. The van der Waals surface area contributed by atoms with Gasteiger partial charge in [0.15, 0.2) is 0 Å². The predicted molar refractivity (Wildman–Crippen MR) is 88.4 cm³/mol. The molecule has 0 amide bonds. The van der Waals surface area contributed by atoms with Gasteiger partial charge in [0, 0.05) is 43.6 Å². The van der Waals surface area contributed by atoms with Crippen LogP contribution in [0.25, 0.3) is 0 Å². The van der Waals surface area contributed by atoms with Crippen LogP contribution in [0, 0.1) is 0 Å². The summed E-state index contributed by atoms with van der Waals surface area (Å²) in [5, 5.41) is 0.785. The maximum Gasteiger partial charge on any atom is 0.0406 e. The van der Waals surface area contributed by atoms with Gasteiger partial charge in [-0.25, -0.2) is 0 Å². The van der Waals surface area contributed by atoms with Gasteiger partial charge < -0.3 is 4.90 Å². The van der Waals surface area contributed by atoms with E-state index >= 15 is 0 Å². The number of halogens is 1. The smallest absolute Gasteiger partial charge is 0.0406 e. The number of aromatic nitrogens is 1. The van der Waals surface area contributed by atoms with E-state index < -0.39 is 0 Å². The largest absolute Gasteiger partial charge is 0.308 e. The standard InChI is InChI=1S/C17H22ClN3/c1-20(2)11-12-21(14-16-7-9-19-10-8-16)13-15-3-5-17(18)6-4-15/h3-10H,11-14H2,1-2H3. The Hall–Kier alpha value is -1.42. The molecular formula is C17H22ClN3. The highest BCUT2D eigenvalue weighted by atomic mass is 35.5. The van der Waals surface area contributed by atoms with Crippen LogP contribution in [0.5, 0.6) is 0 Å². The van der Waals surface area contributed by atoms with Crippen LogP contribution >= 0.6 is 11.6 Å². The van der Waals surface area contributed by atoms with E-state index in [0.29, 0.717) is 0 Å². The molecule has 4 heteroatoms. The van der Waals surface area contributed by atoms with Gasteiger partial charge in [-0.1, -0.05) is 23.7 Å². The second-order valence-electron chi connectivity index (χ2n) is 5.50. The summed E-state index contributed by atoms with van der Waals surface area (Å²) in [5.74, 6) is 0. The van der Waals surface area contributed by atoms with Crippen molar-refractivity contribution in [2.24, 2.45) is 0 Å². The van der Waals surface area contributed by atoms with E-state index in [9.17, 15) is 0 Å². The molecule has 0 N–H and O–H groups in total. The molecule has 0 bridgehead atoms. The van der Waals surface area contributed by atoms with Crippen molar-refractivity contribution in [3.63, 3.8) is 0 Å². The van der Waals surface area contributed by atoms with Crippen molar-refractivity contribution in [2.45, 2.75) is 13.1 Å². The third-order valence-electron chi connectivity index (χ3n) is 3.34. The molecule has 0 saturated heterocycles. The van der Waals surface area contributed by atoms with Crippen molar-refractivity contribution in [1.29, 1.82) is 0 Å². The number of benzene rings is 1. The first-order chi connectivity index (χ1) is 10.1. The second kappa shape index (κ2) is 8.13. The lowest BCUT2D eigenvalue weighted by Crippen LogP contribution is -2.31. The van der Waals surface area contributed by atoms with E-state index in [4.69, 9.17) is 11.6 Å². The summed E-state index contributed by atoms with van der Waals surface area (Å²) in [4.78, 5) is 8.73. The van der Waals surface area contributed by atoms with Crippen molar-refractivity contribution in [2.75, 3.05) is 27.2 Å². The molecule has 0 aliphatic heterocycles. The van der Waals surface area contributed by atoms with Crippen LogP contribution < -0.4 is 0 Å². The Kier molecular flexibility index (Phi) is 6.18. The minimum absolute atomic E-state index is 0.785. The van der Waals surface area contributed by atoms with Gasteiger partial charge in [0.25, 0.3) is 0 Å². The fourth-order valence-electron chi connectivity index (χ4n) is 2.15. The summed E-state index contributed by atoms with van der Waals surface area (Å²) in [6.07, 6.45) is 3.70. The minimum Gasteiger partial charge on any atom is -0.308 e. The maximum absolute atomic E-state index is 5.95. The van der Waals surface area contributed by atoms with Crippen LogP contribution in [-0.2, 0) is 13.1 Å². The monoisotopic (exact) mass is 303 g/mol. The highest BCUT2D eigenvalue weighted by molar-refractivity contribution is 6.30. The number of hydrogen-bond donors (Lipinski definition) is 0. The van der Waals surface area contributed by atoms with Gasteiger partial charge in [0.2, 0.25) is 0 Å². The zero-order chi connectivity index (χ0) is 15.1. The molecule has 1 heterocycles. The third kappa shape index (κ3) is 5.84. The molecule has 21 heavy (non-hydrogen) atoms. The summed E-state index contributed by atoms with van der Waals surface area (Å²) in [5.41, 5.74) is 2.57. The Labute approximate surface area is 132 Å². The average Bonchev–Trinajstić information content (AvgIpc) is 2.48. The molecule has 0 fully saturated rings. The predicted octanol–water partition coefficient (Wildman–Crippen LogP) is 3.30. The Morgan fingerprint density at radius 2 is 1.43 bits per heavy atom. The average molecular weight is 304 g/mol. The Balaban J connectivity index is 2.02. The fourth-order valence-corrected chi connectivity index (χ4v) is 2.28. The lowest BCUT2D eigenvalue weighted by molar-refractivity contribution is 0.226. The Morgan fingerprint density at radius 3 is 2.00 bits per heavy atom. The summed E-state index contributed by atoms with van der Waals surface area (Å²) < 4.78 is 0. The van der Waals surface area contributed by atoms with Crippen LogP contribution in [0.1, 0.15) is 11.1 Å². The first kappa shape index (κ1) is 16.0. The van der Waals surface area contributed by atoms with Gasteiger partial charge in [-0.3, -0.25) is 9.88 Å². The Morgan fingerprint density at radius 1 is 0.857 bits per heavy atom. The molecule has 112 valence electrons. The van der Waals surface area contributed by atoms with Crippen LogP contribution in [-0.4, -0.2) is 42.0 Å². The number of likely N-dealkylation sites (N-methyl/N-ethyl adjacent to an activating group) is 1. The van der Waals surface area contributed by atoms with E-state index in [0.717, 1.165) is 31.2 Å². The minimum atomic E-state index is 0.785. The summed E-state index contributed by atoms with van der Waals surface area (Å²) in [6, 6.07) is 12.2. The van der Waals surface area contributed by atoms with Crippen molar-refractivity contribution < 1.29 is 0 Å². The topological polar surface area (TPSA) is 19.4 Å². The van der Waals surface area contributed by atoms with E-state index in [1.807, 2.05) is 24.5 Å². The van der Waals surface area contributed by atoms with Gasteiger partial charge in [-0.2, -0.15) is 0 Å². The van der Waals surface area contributed by atoms with E-state index in [1.54, 1.807) is 0 Å². The van der Waals surface area contributed by atoms with Crippen molar-refractivity contribution in [3.05, 3.63) is 64.9 Å². The van der Waals surface area contributed by atoms with Gasteiger partial charge >= 0.3 is 0 Å². The molecular weight excluding hydrogens is 282 g/mol. The van der Waals surface area contributed by atoms with Crippen molar-refractivity contribution >= 4 is 11.6 Å². The third-order valence-corrected chi connectivity index (χ3v) is 3.59. The summed E-state index contributed by atoms with van der Waals surface area (Å²) in [7, 11) is 4.21. The molecule has 0 saturated carbocycles. The first-order valence-corrected chi connectivity index (χ1v) is 7.52. The molecule has 2 aromatic rings. The van der Waals surface area contributed by atoms with E-state index in [2.05, 4.69) is 53.1 Å². The van der Waals surface area contributed by atoms with Crippen molar-refractivity contribution in [3.8, 4) is 0 Å². The molecule has 0 atom stereocenters. The summed E-state index contributed by atoms with van der Waals surface area (Å²) >= 11 is 5.95. The SMILES string of the molecule is CN(C)CCN(Cc1ccncc1)Cc1ccc(Cl)cc1. The molecule has 1 aromatic carbocycles. The molecule has 0 radical (unpaired) electrons. The second-order valence-corrected chi connectivity index (χ2v) is 5.93. The molecule has 3 nitrogen and oxygen atoms in total. The molecule has 0 aliphatic rings.